The molecular formula is C22H20N4O2. The number of carbonyl (C=O) groups excluding carboxylic acids is 2. The van der Waals surface area contributed by atoms with Crippen LogP contribution in [0.25, 0.3) is 33.1 Å². The van der Waals surface area contributed by atoms with E-state index in [9.17, 15) is 9.59 Å². The molecular weight excluding hydrogens is 352 g/mol. The third kappa shape index (κ3) is 2.93. The van der Waals surface area contributed by atoms with Crippen LogP contribution in [0.15, 0.2) is 54.6 Å². The first-order chi connectivity index (χ1) is 13.6. The predicted molar refractivity (Wildman–Crippen MR) is 110 cm³/mol. The van der Waals surface area contributed by atoms with Crippen LogP contribution < -0.4 is 11.1 Å². The second-order valence-corrected chi connectivity index (χ2v) is 6.61. The first-order valence-electron chi connectivity index (χ1n) is 9.06. The molecule has 0 spiro atoms. The van der Waals surface area contributed by atoms with Crippen molar-refractivity contribution in [1.82, 2.24) is 14.9 Å². The zero-order valence-electron chi connectivity index (χ0n) is 15.5. The molecule has 0 aliphatic rings. The summed E-state index contributed by atoms with van der Waals surface area (Å²) in [6.45, 7) is 0.750. The molecule has 0 atom stereocenters. The molecule has 2 heterocycles. The fourth-order valence-electron chi connectivity index (χ4n) is 3.51. The molecule has 140 valence electrons. The van der Waals surface area contributed by atoms with E-state index in [-0.39, 0.29) is 5.91 Å². The second kappa shape index (κ2) is 7.25. The number of carbonyl (C=O) groups is 2. The summed E-state index contributed by atoms with van der Waals surface area (Å²) in [5, 5.41) is 4.80. The van der Waals surface area contributed by atoms with Crippen LogP contribution >= 0.6 is 0 Å². The van der Waals surface area contributed by atoms with Crippen LogP contribution in [0.3, 0.4) is 0 Å². The van der Waals surface area contributed by atoms with Gasteiger partial charge in [-0.3, -0.25) is 9.59 Å². The molecule has 0 bridgehead atoms. The lowest BCUT2D eigenvalue weighted by molar-refractivity contribution is 0.0949. The third-order valence-corrected chi connectivity index (χ3v) is 4.87. The lowest BCUT2D eigenvalue weighted by atomic mass is 10.0. The number of para-hydroxylation sites is 1. The number of amides is 1. The van der Waals surface area contributed by atoms with E-state index in [0.29, 0.717) is 30.0 Å². The number of aldehydes is 1. The molecule has 4 rings (SSSR count). The predicted octanol–water partition coefficient (Wildman–Crippen LogP) is 2.89. The molecule has 0 saturated carbocycles. The number of hydrogen-bond acceptors (Lipinski definition) is 4. The van der Waals surface area contributed by atoms with E-state index < -0.39 is 0 Å². The number of nitrogens with one attached hydrogen (secondary N) is 1. The van der Waals surface area contributed by atoms with E-state index in [1.165, 1.54) is 0 Å². The van der Waals surface area contributed by atoms with Gasteiger partial charge in [0.2, 0.25) is 0 Å². The maximum atomic E-state index is 12.6. The summed E-state index contributed by atoms with van der Waals surface area (Å²) in [6, 6.07) is 17.1. The minimum atomic E-state index is -0.258. The van der Waals surface area contributed by atoms with Gasteiger partial charge in [0.1, 0.15) is 12.0 Å². The van der Waals surface area contributed by atoms with E-state index in [2.05, 4.69) is 14.9 Å². The molecule has 2 aromatic carbocycles. The molecule has 0 aliphatic heterocycles. The van der Waals surface area contributed by atoms with Gasteiger partial charge in [0.25, 0.3) is 5.91 Å². The number of nitrogens with two attached hydrogens (primary N) is 1. The van der Waals surface area contributed by atoms with Crippen LogP contribution in [0, 0.1) is 0 Å². The number of pyridine rings is 1. The number of fused-ring (bicyclic) bond motifs is 3. The first kappa shape index (κ1) is 17.9. The SMILES string of the molecule is Cn1c2ccccc2c2cc(C(=O)NCCN)nc(-c3ccc(C=O)cc3)c21. The van der Waals surface area contributed by atoms with Crippen molar-refractivity contribution in [3.8, 4) is 11.3 Å². The van der Waals surface area contributed by atoms with Gasteiger partial charge in [0, 0.05) is 47.6 Å². The average Bonchev–Trinajstić information content (AvgIpc) is 3.04. The summed E-state index contributed by atoms with van der Waals surface area (Å²) in [5.74, 6) is -0.258. The molecule has 0 saturated heterocycles. The highest BCUT2D eigenvalue weighted by molar-refractivity contribution is 6.13. The van der Waals surface area contributed by atoms with E-state index in [4.69, 9.17) is 5.73 Å². The Labute approximate surface area is 162 Å². The number of benzene rings is 2. The van der Waals surface area contributed by atoms with Crippen LogP contribution in [0.5, 0.6) is 0 Å². The van der Waals surface area contributed by atoms with Gasteiger partial charge in [-0.05, 0) is 12.1 Å². The summed E-state index contributed by atoms with van der Waals surface area (Å²) in [7, 11) is 1.99. The normalized spacial score (nSPS) is 11.1. The number of hydrogen-bond donors (Lipinski definition) is 2. The number of aromatic nitrogens is 2. The van der Waals surface area contributed by atoms with Crippen molar-refractivity contribution in [2.24, 2.45) is 12.8 Å². The monoisotopic (exact) mass is 372 g/mol. The molecule has 0 aliphatic carbocycles. The van der Waals surface area contributed by atoms with Crippen LogP contribution in [0.1, 0.15) is 20.8 Å². The minimum Gasteiger partial charge on any atom is -0.349 e. The van der Waals surface area contributed by atoms with Crippen molar-refractivity contribution >= 4 is 34.0 Å². The second-order valence-electron chi connectivity index (χ2n) is 6.61. The molecule has 28 heavy (non-hydrogen) atoms. The molecule has 1 amide bonds. The Bertz CT molecular complexity index is 1190. The Kier molecular flexibility index (Phi) is 4.63. The Balaban J connectivity index is 2.02. The summed E-state index contributed by atoms with van der Waals surface area (Å²) in [4.78, 5) is 28.3. The summed E-state index contributed by atoms with van der Waals surface area (Å²) >= 11 is 0. The number of nitrogens with zero attached hydrogens (tertiary/aromatic N) is 2. The zero-order valence-corrected chi connectivity index (χ0v) is 15.5. The largest absolute Gasteiger partial charge is 0.349 e. The van der Waals surface area contributed by atoms with Crippen LogP contribution in [-0.4, -0.2) is 34.8 Å². The molecule has 0 radical (unpaired) electrons. The first-order valence-corrected chi connectivity index (χ1v) is 9.06. The maximum Gasteiger partial charge on any atom is 0.269 e. The third-order valence-electron chi connectivity index (χ3n) is 4.87. The highest BCUT2D eigenvalue weighted by Gasteiger charge is 2.18. The fraction of sp³-hybridized carbons (Fsp3) is 0.136. The fourth-order valence-corrected chi connectivity index (χ4v) is 3.51. The van der Waals surface area contributed by atoms with Gasteiger partial charge in [0.05, 0.1) is 11.2 Å². The quantitative estimate of drug-likeness (QED) is 0.527. The highest BCUT2D eigenvalue weighted by Crippen LogP contribution is 2.34. The molecule has 4 aromatic rings. The standard InChI is InChI=1S/C22H20N4O2/c1-26-19-5-3-2-4-16(19)17-12-18(22(28)24-11-10-23)25-20(21(17)26)15-8-6-14(13-27)7-9-15/h2-9,12-13H,10-11,23H2,1H3,(H,24,28). The van der Waals surface area contributed by atoms with Gasteiger partial charge < -0.3 is 15.6 Å². The van der Waals surface area contributed by atoms with Gasteiger partial charge in [-0.1, -0.05) is 42.5 Å². The molecule has 6 nitrogen and oxygen atoms in total. The van der Waals surface area contributed by atoms with Crippen molar-refractivity contribution in [1.29, 1.82) is 0 Å². The maximum absolute atomic E-state index is 12.6. The Morgan fingerprint density at radius 1 is 1.14 bits per heavy atom. The van der Waals surface area contributed by atoms with Crippen molar-refractivity contribution in [2.75, 3.05) is 13.1 Å². The number of aryl methyl sites for hydroxylation is 1. The van der Waals surface area contributed by atoms with E-state index in [1.54, 1.807) is 12.1 Å². The van der Waals surface area contributed by atoms with Gasteiger partial charge in [-0.2, -0.15) is 0 Å². The Morgan fingerprint density at radius 3 is 2.61 bits per heavy atom. The Morgan fingerprint density at radius 2 is 1.89 bits per heavy atom. The summed E-state index contributed by atoms with van der Waals surface area (Å²) in [6.07, 6.45) is 0.806. The molecule has 2 aromatic heterocycles. The van der Waals surface area contributed by atoms with E-state index >= 15 is 0 Å². The van der Waals surface area contributed by atoms with Crippen molar-refractivity contribution in [3.63, 3.8) is 0 Å². The van der Waals surface area contributed by atoms with Crippen LogP contribution in [-0.2, 0) is 7.05 Å². The van der Waals surface area contributed by atoms with Crippen molar-refractivity contribution in [3.05, 3.63) is 65.9 Å². The van der Waals surface area contributed by atoms with Crippen molar-refractivity contribution in [2.45, 2.75) is 0 Å². The average molecular weight is 372 g/mol. The van der Waals surface area contributed by atoms with Crippen molar-refractivity contribution < 1.29 is 9.59 Å². The smallest absolute Gasteiger partial charge is 0.269 e. The summed E-state index contributed by atoms with van der Waals surface area (Å²) < 4.78 is 2.09. The zero-order chi connectivity index (χ0) is 19.7. The number of rotatable bonds is 5. The van der Waals surface area contributed by atoms with E-state index in [0.717, 1.165) is 33.7 Å². The van der Waals surface area contributed by atoms with Gasteiger partial charge in [0.15, 0.2) is 0 Å². The molecule has 0 unspecified atom stereocenters. The Hall–Kier alpha value is -3.51. The molecule has 0 fully saturated rings. The van der Waals surface area contributed by atoms with Crippen LogP contribution in [0.2, 0.25) is 0 Å². The van der Waals surface area contributed by atoms with Gasteiger partial charge in [-0.25, -0.2) is 4.98 Å². The molecule has 3 N–H and O–H groups in total. The molecule has 6 heteroatoms. The lowest BCUT2D eigenvalue weighted by Crippen LogP contribution is -2.29. The minimum absolute atomic E-state index is 0.258. The topological polar surface area (TPSA) is 90.0 Å². The lowest BCUT2D eigenvalue weighted by Gasteiger charge is -2.10. The van der Waals surface area contributed by atoms with Gasteiger partial charge >= 0.3 is 0 Å². The highest BCUT2D eigenvalue weighted by atomic mass is 16.1. The van der Waals surface area contributed by atoms with Gasteiger partial charge in [-0.15, -0.1) is 0 Å². The van der Waals surface area contributed by atoms with Crippen LogP contribution in [0.4, 0.5) is 0 Å². The summed E-state index contributed by atoms with van der Waals surface area (Å²) in [5.41, 5.74) is 9.98. The van der Waals surface area contributed by atoms with E-state index in [1.807, 2.05) is 49.5 Å².